The summed E-state index contributed by atoms with van der Waals surface area (Å²) >= 11 is 1.86. The topological polar surface area (TPSA) is 63.9 Å². The fraction of sp³-hybridized carbons (Fsp3) is 0.0536. The van der Waals surface area contributed by atoms with Crippen molar-refractivity contribution in [3.05, 3.63) is 246 Å². The van der Waals surface area contributed by atoms with E-state index in [2.05, 4.69) is 168 Å². The molecule has 292 valence electrons. The minimum absolute atomic E-state index is 0.0290. The standard InChI is InChI=1S/C56H37N5S/c1-3-13-36(14-4-1)51-35-52(37-15-5-2-6-16-37)61-55(60-51)44-20-12-24-48-54(44)62-53-41(40-33-49(38-25-29-57-30-26-38)59-50(34-40)39-27-31-58-32-28-39)19-11-23-47(53)56(48)45-21-9-7-17-42(45)43-18-8-10-22-46(43)56/h1-33,35,40H,34H2. The van der Waals surface area contributed by atoms with Crippen LogP contribution in [-0.4, -0.2) is 25.6 Å². The summed E-state index contributed by atoms with van der Waals surface area (Å²) in [4.78, 5) is 27.2. The third-order valence-corrected chi connectivity index (χ3v) is 13.9. The summed E-state index contributed by atoms with van der Waals surface area (Å²) in [6.45, 7) is 0. The number of pyridine rings is 2. The summed E-state index contributed by atoms with van der Waals surface area (Å²) in [5.74, 6) is 0.733. The summed E-state index contributed by atoms with van der Waals surface area (Å²) in [7, 11) is 0. The van der Waals surface area contributed by atoms with Gasteiger partial charge in [-0.05, 0) is 74.8 Å². The van der Waals surface area contributed by atoms with Crippen LogP contribution in [0, 0.1) is 0 Å². The molecule has 0 bridgehead atoms. The van der Waals surface area contributed by atoms with Gasteiger partial charge in [0.05, 0.1) is 22.5 Å². The summed E-state index contributed by atoms with van der Waals surface area (Å²) < 4.78 is 0. The molecule has 1 spiro atoms. The average molecular weight is 812 g/mol. The molecule has 0 saturated carbocycles. The minimum Gasteiger partial charge on any atom is -0.265 e. The van der Waals surface area contributed by atoms with Crippen molar-refractivity contribution in [2.75, 3.05) is 0 Å². The molecule has 1 unspecified atom stereocenters. The number of nitrogens with zero attached hydrogens (tertiary/aromatic N) is 5. The van der Waals surface area contributed by atoms with Crippen molar-refractivity contribution < 1.29 is 0 Å². The van der Waals surface area contributed by atoms with E-state index in [1.165, 1.54) is 48.7 Å². The van der Waals surface area contributed by atoms with Gasteiger partial charge in [0, 0.05) is 74.9 Å². The Balaban J connectivity index is 1.13. The number of aromatic nitrogens is 4. The molecule has 9 aromatic rings. The van der Waals surface area contributed by atoms with Gasteiger partial charge in [-0.3, -0.25) is 15.0 Å². The molecule has 1 aliphatic carbocycles. The van der Waals surface area contributed by atoms with Crippen molar-refractivity contribution in [3.63, 3.8) is 0 Å². The van der Waals surface area contributed by atoms with Crippen LogP contribution in [0.3, 0.4) is 0 Å². The first-order chi connectivity index (χ1) is 30.7. The highest BCUT2D eigenvalue weighted by Crippen LogP contribution is 2.64. The van der Waals surface area contributed by atoms with Crippen LogP contribution < -0.4 is 0 Å². The molecule has 0 N–H and O–H groups in total. The van der Waals surface area contributed by atoms with Crippen LogP contribution in [-0.2, 0) is 5.41 Å². The molecular weight excluding hydrogens is 775 g/mol. The molecule has 12 rings (SSSR count). The fourth-order valence-corrected chi connectivity index (χ4v) is 11.3. The molecule has 62 heavy (non-hydrogen) atoms. The normalized spacial score (nSPS) is 15.5. The number of hydrogen-bond acceptors (Lipinski definition) is 6. The van der Waals surface area contributed by atoms with E-state index in [1.54, 1.807) is 0 Å². The number of benzene rings is 6. The van der Waals surface area contributed by atoms with Crippen LogP contribution in [0.4, 0.5) is 0 Å². The number of allylic oxidation sites excluding steroid dienone is 1. The highest BCUT2D eigenvalue weighted by atomic mass is 32.2. The fourth-order valence-electron chi connectivity index (χ4n) is 9.81. The van der Waals surface area contributed by atoms with E-state index < -0.39 is 5.41 Å². The van der Waals surface area contributed by atoms with Crippen molar-refractivity contribution in [1.29, 1.82) is 0 Å². The Hall–Kier alpha value is -7.54. The summed E-state index contributed by atoms with van der Waals surface area (Å²) in [6.07, 6.45) is 10.5. The van der Waals surface area contributed by atoms with Crippen LogP contribution in [0.15, 0.2) is 222 Å². The molecule has 5 nitrogen and oxygen atoms in total. The van der Waals surface area contributed by atoms with Gasteiger partial charge >= 0.3 is 0 Å². The van der Waals surface area contributed by atoms with Crippen molar-refractivity contribution in [3.8, 4) is 45.0 Å². The minimum atomic E-state index is -0.594. The van der Waals surface area contributed by atoms with Crippen LogP contribution in [0.2, 0.25) is 0 Å². The van der Waals surface area contributed by atoms with Crippen molar-refractivity contribution in [1.82, 2.24) is 19.9 Å². The predicted molar refractivity (Wildman–Crippen MR) is 250 cm³/mol. The van der Waals surface area contributed by atoms with E-state index in [9.17, 15) is 0 Å². The number of hydrogen-bond donors (Lipinski definition) is 0. The van der Waals surface area contributed by atoms with E-state index in [-0.39, 0.29) is 5.92 Å². The van der Waals surface area contributed by atoms with Gasteiger partial charge in [0.1, 0.15) is 0 Å². The van der Waals surface area contributed by atoms with E-state index >= 15 is 0 Å². The first-order valence-electron chi connectivity index (χ1n) is 21.0. The van der Waals surface area contributed by atoms with Gasteiger partial charge in [0.2, 0.25) is 0 Å². The Kier molecular flexibility index (Phi) is 8.71. The lowest BCUT2D eigenvalue weighted by atomic mass is 9.66. The third kappa shape index (κ3) is 5.82. The summed E-state index contributed by atoms with van der Waals surface area (Å²) in [6, 6.07) is 63.0. The third-order valence-electron chi connectivity index (χ3n) is 12.5. The van der Waals surface area contributed by atoms with Crippen LogP contribution in [0.5, 0.6) is 0 Å². The predicted octanol–water partition coefficient (Wildman–Crippen LogP) is 13.1. The molecule has 0 saturated heterocycles. The van der Waals surface area contributed by atoms with Gasteiger partial charge < -0.3 is 0 Å². The van der Waals surface area contributed by atoms with Gasteiger partial charge in [0.15, 0.2) is 5.82 Å². The molecule has 3 aromatic heterocycles. The van der Waals surface area contributed by atoms with Crippen molar-refractivity contribution >= 4 is 23.2 Å². The Morgan fingerprint density at radius 2 is 0.968 bits per heavy atom. The molecular formula is C56H37N5S. The lowest BCUT2D eigenvalue weighted by molar-refractivity contribution is 0.710. The maximum absolute atomic E-state index is 5.41. The monoisotopic (exact) mass is 811 g/mol. The number of rotatable bonds is 6. The molecule has 0 fully saturated rings. The molecule has 5 heterocycles. The van der Waals surface area contributed by atoms with Crippen LogP contribution in [0.1, 0.15) is 51.3 Å². The quantitative estimate of drug-likeness (QED) is 0.167. The Labute approximate surface area is 364 Å². The zero-order valence-electron chi connectivity index (χ0n) is 33.6. The van der Waals surface area contributed by atoms with Gasteiger partial charge in [-0.2, -0.15) is 0 Å². The van der Waals surface area contributed by atoms with Gasteiger partial charge in [-0.25, -0.2) is 9.97 Å². The van der Waals surface area contributed by atoms with Crippen LogP contribution in [0.25, 0.3) is 50.7 Å². The maximum atomic E-state index is 5.41. The average Bonchev–Trinajstić information content (AvgIpc) is 3.65. The van der Waals surface area contributed by atoms with Crippen LogP contribution >= 0.6 is 11.8 Å². The molecule has 0 radical (unpaired) electrons. The number of fused-ring (bicyclic) bond motifs is 9. The maximum Gasteiger partial charge on any atom is 0.161 e. The Morgan fingerprint density at radius 3 is 1.60 bits per heavy atom. The molecule has 2 aliphatic heterocycles. The molecule has 3 aliphatic rings. The lowest BCUT2D eigenvalue weighted by Crippen LogP contribution is -2.33. The molecule has 0 amide bonds. The lowest BCUT2D eigenvalue weighted by Gasteiger charge is -2.41. The molecule has 6 aromatic carbocycles. The van der Waals surface area contributed by atoms with Crippen molar-refractivity contribution in [2.24, 2.45) is 4.99 Å². The van der Waals surface area contributed by atoms with Gasteiger partial charge in [-0.1, -0.05) is 163 Å². The highest BCUT2D eigenvalue weighted by Gasteiger charge is 2.51. The zero-order valence-corrected chi connectivity index (χ0v) is 34.4. The largest absolute Gasteiger partial charge is 0.265 e. The zero-order chi connectivity index (χ0) is 41.0. The Bertz CT molecular complexity index is 3130. The van der Waals surface area contributed by atoms with E-state index in [0.29, 0.717) is 5.82 Å². The van der Waals surface area contributed by atoms with Gasteiger partial charge in [-0.15, -0.1) is 0 Å². The molecule has 1 atom stereocenters. The summed E-state index contributed by atoms with van der Waals surface area (Å²) in [5, 5.41) is 0. The first-order valence-corrected chi connectivity index (χ1v) is 21.8. The summed E-state index contributed by atoms with van der Waals surface area (Å²) in [5.41, 5.74) is 17.3. The van der Waals surface area contributed by atoms with Gasteiger partial charge in [0.25, 0.3) is 0 Å². The highest BCUT2D eigenvalue weighted by molar-refractivity contribution is 7.99. The Morgan fingerprint density at radius 1 is 0.452 bits per heavy atom. The SMILES string of the molecule is C1=C(c2ccncc2)N=C(c2ccncc2)CC1c1cccc2c1Sc1c(-c3nc(-c4ccccc4)cc(-c4ccccc4)n3)cccc1C21c2ccccc2-c2ccccc21. The number of aliphatic imine (C=N–C) groups is 1. The second-order valence-corrected chi connectivity index (χ2v) is 17.0. The second-order valence-electron chi connectivity index (χ2n) is 15.9. The second kappa shape index (κ2) is 14.9. The van der Waals surface area contributed by atoms with E-state index in [4.69, 9.17) is 15.0 Å². The first kappa shape index (κ1) is 36.3. The van der Waals surface area contributed by atoms with E-state index in [0.717, 1.165) is 57.0 Å². The smallest absolute Gasteiger partial charge is 0.161 e. The molecule has 6 heteroatoms. The van der Waals surface area contributed by atoms with E-state index in [1.807, 2.05) is 60.8 Å². The van der Waals surface area contributed by atoms with Crippen molar-refractivity contribution in [2.45, 2.75) is 27.5 Å².